The maximum absolute atomic E-state index is 13.4. The largest absolute Gasteiger partial charge is 0.340 e. The Morgan fingerprint density at radius 2 is 1.63 bits per heavy atom. The second kappa shape index (κ2) is 11.6. The molecule has 3 amide bonds. The van der Waals surface area contributed by atoms with Crippen LogP contribution in [0.3, 0.4) is 0 Å². The van der Waals surface area contributed by atoms with Crippen LogP contribution < -0.4 is 10.0 Å². The number of likely N-dealkylation sites (N-methyl/N-ethyl adjacent to an activating group) is 1. The molecule has 5 aromatic rings. The van der Waals surface area contributed by atoms with Crippen molar-refractivity contribution >= 4 is 44.5 Å². The zero-order valence-electron chi connectivity index (χ0n) is 23.4. The van der Waals surface area contributed by atoms with E-state index in [1.54, 1.807) is 4.90 Å². The lowest BCUT2D eigenvalue weighted by Gasteiger charge is -2.24. The van der Waals surface area contributed by atoms with E-state index in [-0.39, 0.29) is 17.3 Å². The topological polar surface area (TPSA) is 101 Å². The van der Waals surface area contributed by atoms with Gasteiger partial charge in [-0.1, -0.05) is 60.1 Å². The van der Waals surface area contributed by atoms with Gasteiger partial charge in [-0.05, 0) is 83.6 Å². The third kappa shape index (κ3) is 5.74. The van der Waals surface area contributed by atoms with E-state index >= 15 is 0 Å². The van der Waals surface area contributed by atoms with Gasteiger partial charge in [0.15, 0.2) is 0 Å². The van der Waals surface area contributed by atoms with Crippen molar-refractivity contribution in [2.24, 2.45) is 0 Å². The molecule has 10 heteroatoms. The molecule has 1 aliphatic heterocycles. The van der Waals surface area contributed by atoms with Gasteiger partial charge in [0, 0.05) is 36.2 Å². The van der Waals surface area contributed by atoms with Crippen molar-refractivity contribution < 1.29 is 18.0 Å². The normalized spacial score (nSPS) is 13.2. The number of sulfonamides is 1. The van der Waals surface area contributed by atoms with E-state index < -0.39 is 16.1 Å². The summed E-state index contributed by atoms with van der Waals surface area (Å²) in [6.45, 7) is 0.899. The molecular formula is C33H29ClN4O4S. The van der Waals surface area contributed by atoms with Crippen molar-refractivity contribution in [1.82, 2.24) is 19.5 Å². The Hall–Kier alpha value is -4.60. The zero-order valence-corrected chi connectivity index (χ0v) is 25.0. The predicted molar refractivity (Wildman–Crippen MR) is 168 cm³/mol. The van der Waals surface area contributed by atoms with Crippen molar-refractivity contribution in [3.05, 3.63) is 119 Å². The molecule has 8 nitrogen and oxygen atoms in total. The van der Waals surface area contributed by atoms with Gasteiger partial charge in [0.1, 0.15) is 5.69 Å². The highest BCUT2D eigenvalue weighted by Crippen LogP contribution is 2.36. The highest BCUT2D eigenvalue weighted by atomic mass is 35.5. The number of fused-ring (bicyclic) bond motifs is 3. The number of halogens is 1. The number of nitrogens with zero attached hydrogens (tertiary/aromatic N) is 2. The van der Waals surface area contributed by atoms with Crippen LogP contribution in [0.4, 0.5) is 4.79 Å². The summed E-state index contributed by atoms with van der Waals surface area (Å²) in [5.41, 5.74) is 6.76. The minimum atomic E-state index is -4.01. The van der Waals surface area contributed by atoms with E-state index in [1.807, 2.05) is 58.8 Å². The molecule has 218 valence electrons. The molecule has 1 aromatic heterocycles. The fraction of sp³-hybridized carbons (Fsp3) is 0.152. The second-order valence-corrected chi connectivity index (χ2v) is 12.6. The van der Waals surface area contributed by atoms with Gasteiger partial charge < -0.3 is 14.8 Å². The van der Waals surface area contributed by atoms with Crippen LogP contribution in [-0.4, -0.2) is 50.0 Å². The second-order valence-electron chi connectivity index (χ2n) is 10.5. The van der Waals surface area contributed by atoms with Crippen LogP contribution in [0, 0.1) is 0 Å². The number of carbonyl (C=O) groups is 2. The molecule has 0 spiro atoms. The number of amides is 3. The van der Waals surface area contributed by atoms with E-state index in [2.05, 4.69) is 35.6 Å². The Labute approximate surface area is 254 Å². The first kappa shape index (κ1) is 28.5. The molecule has 1 aliphatic rings. The number of urea groups is 1. The standard InChI is InChI=1S/C33H29ClN4O4S/c1-37-20-18-28-29-21-24(23-5-3-2-4-6-23)9-16-30(29)38(31(28)32(37)39)26-12-7-22(8-13-26)17-19-35-33(40)36-43(41,42)27-14-10-25(34)11-15-27/h2-16,21H,17-20H2,1H3,(H2,35,36,40). The van der Waals surface area contributed by atoms with Crippen molar-refractivity contribution in [3.63, 3.8) is 0 Å². The highest BCUT2D eigenvalue weighted by Gasteiger charge is 2.30. The Morgan fingerprint density at radius 3 is 2.35 bits per heavy atom. The van der Waals surface area contributed by atoms with Crippen LogP contribution in [0.2, 0.25) is 5.02 Å². The predicted octanol–water partition coefficient (Wildman–Crippen LogP) is 5.81. The number of hydrogen-bond donors (Lipinski definition) is 2. The van der Waals surface area contributed by atoms with Crippen LogP contribution in [0.1, 0.15) is 21.6 Å². The molecule has 4 aromatic carbocycles. The minimum Gasteiger partial charge on any atom is -0.340 e. The Morgan fingerprint density at radius 1 is 0.907 bits per heavy atom. The maximum atomic E-state index is 13.4. The molecule has 2 N–H and O–H groups in total. The van der Waals surface area contributed by atoms with Gasteiger partial charge in [0.05, 0.1) is 10.4 Å². The summed E-state index contributed by atoms with van der Waals surface area (Å²) in [6.07, 6.45) is 1.26. The Bertz CT molecular complexity index is 1940. The number of benzene rings is 4. The monoisotopic (exact) mass is 612 g/mol. The van der Waals surface area contributed by atoms with Gasteiger partial charge in [-0.15, -0.1) is 0 Å². The van der Waals surface area contributed by atoms with Crippen molar-refractivity contribution in [2.75, 3.05) is 20.1 Å². The fourth-order valence-electron chi connectivity index (χ4n) is 5.44. The molecule has 0 atom stereocenters. The van der Waals surface area contributed by atoms with Crippen LogP contribution >= 0.6 is 11.6 Å². The van der Waals surface area contributed by atoms with Crippen LogP contribution in [-0.2, 0) is 22.9 Å². The summed E-state index contributed by atoms with van der Waals surface area (Å²) < 4.78 is 28.9. The molecule has 6 rings (SSSR count). The summed E-state index contributed by atoms with van der Waals surface area (Å²) in [4.78, 5) is 27.4. The number of nitrogens with one attached hydrogen (secondary N) is 2. The third-order valence-corrected chi connectivity index (χ3v) is 9.27. The number of aromatic nitrogens is 1. The third-order valence-electron chi connectivity index (χ3n) is 7.67. The lowest BCUT2D eigenvalue weighted by atomic mass is 9.99. The Balaban J connectivity index is 1.20. The molecule has 0 radical (unpaired) electrons. The smallest absolute Gasteiger partial charge is 0.328 e. The molecule has 43 heavy (non-hydrogen) atoms. The quantitative estimate of drug-likeness (QED) is 0.242. The van der Waals surface area contributed by atoms with Crippen LogP contribution in [0.5, 0.6) is 0 Å². The molecule has 0 fully saturated rings. The molecule has 2 heterocycles. The summed E-state index contributed by atoms with van der Waals surface area (Å²) >= 11 is 5.82. The van der Waals surface area contributed by atoms with Gasteiger partial charge in [0.25, 0.3) is 15.9 Å². The first-order valence-corrected chi connectivity index (χ1v) is 15.7. The molecule has 0 unspecified atom stereocenters. The number of hydrogen-bond acceptors (Lipinski definition) is 4. The molecule has 0 bridgehead atoms. The number of rotatable bonds is 7. The van der Waals surface area contributed by atoms with Gasteiger partial charge in [0.2, 0.25) is 0 Å². The van der Waals surface area contributed by atoms with Crippen LogP contribution in [0.25, 0.3) is 27.7 Å². The Kier molecular flexibility index (Phi) is 7.68. The first-order valence-electron chi connectivity index (χ1n) is 13.8. The SMILES string of the molecule is CN1CCc2c(n(-c3ccc(CCNC(=O)NS(=O)(=O)c4ccc(Cl)cc4)cc3)c3ccc(-c4ccccc4)cc23)C1=O. The van der Waals surface area contributed by atoms with Crippen LogP contribution in [0.15, 0.2) is 102 Å². The van der Waals surface area contributed by atoms with Gasteiger partial charge >= 0.3 is 6.03 Å². The molecular weight excluding hydrogens is 584 g/mol. The first-order chi connectivity index (χ1) is 20.7. The van der Waals surface area contributed by atoms with Gasteiger partial charge in [-0.2, -0.15) is 0 Å². The van der Waals surface area contributed by atoms with Crippen molar-refractivity contribution in [3.8, 4) is 16.8 Å². The summed E-state index contributed by atoms with van der Waals surface area (Å²) in [7, 11) is -2.18. The van der Waals surface area contributed by atoms with E-state index in [9.17, 15) is 18.0 Å². The average Bonchev–Trinajstić information content (AvgIpc) is 3.34. The summed E-state index contributed by atoms with van der Waals surface area (Å²) in [5, 5.41) is 4.07. The lowest BCUT2D eigenvalue weighted by Crippen LogP contribution is -2.40. The summed E-state index contributed by atoms with van der Waals surface area (Å²) in [6, 6.07) is 29.1. The number of carbonyl (C=O) groups excluding carboxylic acids is 2. The van der Waals surface area contributed by atoms with Crippen molar-refractivity contribution in [1.29, 1.82) is 0 Å². The molecule has 0 aliphatic carbocycles. The molecule has 0 saturated heterocycles. The van der Waals surface area contributed by atoms with Gasteiger partial charge in [-0.3, -0.25) is 4.79 Å². The average molecular weight is 613 g/mol. The van der Waals surface area contributed by atoms with E-state index in [0.29, 0.717) is 23.7 Å². The van der Waals surface area contributed by atoms with E-state index in [4.69, 9.17) is 11.6 Å². The van der Waals surface area contributed by atoms with E-state index in [0.717, 1.165) is 45.3 Å². The van der Waals surface area contributed by atoms with Crippen molar-refractivity contribution in [2.45, 2.75) is 17.7 Å². The maximum Gasteiger partial charge on any atom is 0.328 e. The molecule has 0 saturated carbocycles. The minimum absolute atomic E-state index is 0.00782. The van der Waals surface area contributed by atoms with Gasteiger partial charge in [-0.25, -0.2) is 17.9 Å². The highest BCUT2D eigenvalue weighted by molar-refractivity contribution is 7.90. The fourth-order valence-corrected chi connectivity index (χ4v) is 6.49. The lowest BCUT2D eigenvalue weighted by molar-refractivity contribution is 0.0773. The zero-order chi connectivity index (χ0) is 30.1. The van der Waals surface area contributed by atoms with E-state index in [1.165, 1.54) is 24.3 Å². The summed E-state index contributed by atoms with van der Waals surface area (Å²) in [5.74, 6) is -0.00782.